The van der Waals surface area contributed by atoms with Gasteiger partial charge in [0, 0.05) is 27.4 Å². The first-order valence-corrected chi connectivity index (χ1v) is 6.69. The summed E-state index contributed by atoms with van der Waals surface area (Å²) in [5.74, 6) is 0. The zero-order valence-electron chi connectivity index (χ0n) is 10.1. The van der Waals surface area contributed by atoms with Gasteiger partial charge in [-0.3, -0.25) is 4.98 Å². The lowest BCUT2D eigenvalue weighted by Crippen LogP contribution is -1.94. The standard InChI is InChI=1S/C15H12BrN3/c16-12-9-10(17)6-7-15(12)19-14-5-1-4-13-11(14)3-2-8-18-13/h1-9,19H,17H2. The first-order valence-electron chi connectivity index (χ1n) is 5.90. The average Bonchev–Trinajstić information content (AvgIpc) is 2.42. The van der Waals surface area contributed by atoms with Crippen LogP contribution in [0.25, 0.3) is 10.9 Å². The zero-order valence-corrected chi connectivity index (χ0v) is 11.7. The van der Waals surface area contributed by atoms with E-state index < -0.39 is 0 Å². The Labute approximate surface area is 119 Å². The van der Waals surface area contributed by atoms with Crippen molar-refractivity contribution in [3.05, 3.63) is 59.2 Å². The van der Waals surface area contributed by atoms with Crippen LogP contribution in [-0.4, -0.2) is 4.98 Å². The molecule has 0 aliphatic heterocycles. The van der Waals surface area contributed by atoms with Gasteiger partial charge in [0.1, 0.15) is 0 Å². The maximum absolute atomic E-state index is 5.74. The van der Waals surface area contributed by atoms with Crippen molar-refractivity contribution in [2.75, 3.05) is 11.1 Å². The van der Waals surface area contributed by atoms with Gasteiger partial charge in [0.25, 0.3) is 0 Å². The van der Waals surface area contributed by atoms with Gasteiger partial charge in [-0.05, 0) is 58.4 Å². The normalized spacial score (nSPS) is 10.6. The van der Waals surface area contributed by atoms with Crippen molar-refractivity contribution >= 4 is 43.9 Å². The average molecular weight is 314 g/mol. The first-order chi connectivity index (χ1) is 9.24. The molecule has 1 aromatic heterocycles. The number of benzene rings is 2. The smallest absolute Gasteiger partial charge is 0.0722 e. The van der Waals surface area contributed by atoms with Crippen molar-refractivity contribution in [3.63, 3.8) is 0 Å². The molecule has 0 amide bonds. The van der Waals surface area contributed by atoms with Gasteiger partial charge in [0.2, 0.25) is 0 Å². The number of rotatable bonds is 2. The van der Waals surface area contributed by atoms with Crippen LogP contribution >= 0.6 is 15.9 Å². The van der Waals surface area contributed by atoms with E-state index in [2.05, 4.69) is 32.3 Å². The molecular weight excluding hydrogens is 302 g/mol. The fourth-order valence-electron chi connectivity index (χ4n) is 1.99. The van der Waals surface area contributed by atoms with E-state index in [1.807, 2.05) is 42.5 Å². The third kappa shape index (κ3) is 2.39. The molecule has 0 bridgehead atoms. The van der Waals surface area contributed by atoms with Gasteiger partial charge in [0.05, 0.1) is 11.2 Å². The first kappa shape index (κ1) is 12.0. The summed E-state index contributed by atoms with van der Waals surface area (Å²) in [6.45, 7) is 0. The van der Waals surface area contributed by atoms with E-state index in [9.17, 15) is 0 Å². The topological polar surface area (TPSA) is 50.9 Å². The number of halogens is 1. The molecule has 2 aromatic carbocycles. The van der Waals surface area contributed by atoms with E-state index in [4.69, 9.17) is 5.73 Å². The molecule has 0 aliphatic carbocycles. The molecule has 0 unspecified atom stereocenters. The van der Waals surface area contributed by atoms with Gasteiger partial charge in [-0.2, -0.15) is 0 Å². The minimum absolute atomic E-state index is 0.733. The number of aromatic nitrogens is 1. The molecular formula is C15H12BrN3. The van der Waals surface area contributed by atoms with Crippen LogP contribution in [0.5, 0.6) is 0 Å². The molecule has 3 nitrogen and oxygen atoms in total. The molecule has 0 spiro atoms. The van der Waals surface area contributed by atoms with E-state index in [0.717, 1.165) is 32.4 Å². The van der Waals surface area contributed by atoms with Crippen LogP contribution in [0, 0.1) is 0 Å². The highest BCUT2D eigenvalue weighted by Gasteiger charge is 2.04. The van der Waals surface area contributed by atoms with Gasteiger partial charge in [-0.15, -0.1) is 0 Å². The Bertz CT molecular complexity index is 735. The Hall–Kier alpha value is -2.07. The fraction of sp³-hybridized carbons (Fsp3) is 0. The zero-order chi connectivity index (χ0) is 13.2. The largest absolute Gasteiger partial charge is 0.399 e. The summed E-state index contributed by atoms with van der Waals surface area (Å²) < 4.78 is 0.938. The summed E-state index contributed by atoms with van der Waals surface area (Å²) in [5.41, 5.74) is 9.45. The van der Waals surface area contributed by atoms with Crippen LogP contribution < -0.4 is 11.1 Å². The number of nitrogen functional groups attached to an aromatic ring is 1. The van der Waals surface area contributed by atoms with Crippen LogP contribution in [0.15, 0.2) is 59.2 Å². The third-order valence-corrected chi connectivity index (χ3v) is 3.56. The minimum atomic E-state index is 0.733. The Morgan fingerprint density at radius 3 is 2.74 bits per heavy atom. The summed E-state index contributed by atoms with van der Waals surface area (Å²) in [6, 6.07) is 15.7. The molecule has 94 valence electrons. The Morgan fingerprint density at radius 1 is 1.00 bits per heavy atom. The predicted molar refractivity (Wildman–Crippen MR) is 83.6 cm³/mol. The Kier molecular flexibility index (Phi) is 3.09. The molecule has 0 radical (unpaired) electrons. The van der Waals surface area contributed by atoms with Crippen LogP contribution in [0.3, 0.4) is 0 Å². The van der Waals surface area contributed by atoms with E-state index >= 15 is 0 Å². The maximum Gasteiger partial charge on any atom is 0.0722 e. The van der Waals surface area contributed by atoms with Gasteiger partial charge in [0.15, 0.2) is 0 Å². The van der Waals surface area contributed by atoms with Crippen molar-refractivity contribution in [2.45, 2.75) is 0 Å². The fourth-order valence-corrected chi connectivity index (χ4v) is 2.49. The van der Waals surface area contributed by atoms with E-state index in [1.165, 1.54) is 0 Å². The predicted octanol–water partition coefficient (Wildman–Crippen LogP) is 4.32. The second-order valence-electron chi connectivity index (χ2n) is 4.24. The number of nitrogens with two attached hydrogens (primary N) is 1. The highest BCUT2D eigenvalue weighted by molar-refractivity contribution is 9.10. The minimum Gasteiger partial charge on any atom is -0.399 e. The highest BCUT2D eigenvalue weighted by atomic mass is 79.9. The summed E-state index contributed by atoms with van der Waals surface area (Å²) in [6.07, 6.45) is 1.80. The van der Waals surface area contributed by atoms with Crippen molar-refractivity contribution in [2.24, 2.45) is 0 Å². The van der Waals surface area contributed by atoms with Crippen molar-refractivity contribution < 1.29 is 0 Å². The lowest BCUT2D eigenvalue weighted by Gasteiger charge is -2.11. The van der Waals surface area contributed by atoms with Crippen LogP contribution in [0.4, 0.5) is 17.1 Å². The molecule has 19 heavy (non-hydrogen) atoms. The third-order valence-electron chi connectivity index (χ3n) is 2.91. The van der Waals surface area contributed by atoms with Crippen molar-refractivity contribution in [1.82, 2.24) is 4.98 Å². The maximum atomic E-state index is 5.74. The number of anilines is 3. The number of fused-ring (bicyclic) bond motifs is 1. The lowest BCUT2D eigenvalue weighted by molar-refractivity contribution is 1.41. The number of hydrogen-bond donors (Lipinski definition) is 2. The van der Waals surface area contributed by atoms with Crippen LogP contribution in [-0.2, 0) is 0 Å². The summed E-state index contributed by atoms with van der Waals surface area (Å²) in [4.78, 5) is 4.35. The summed E-state index contributed by atoms with van der Waals surface area (Å²) >= 11 is 3.51. The number of hydrogen-bond acceptors (Lipinski definition) is 3. The number of pyridine rings is 1. The molecule has 1 heterocycles. The highest BCUT2D eigenvalue weighted by Crippen LogP contribution is 2.30. The van der Waals surface area contributed by atoms with E-state index in [1.54, 1.807) is 6.20 Å². The Balaban J connectivity index is 2.06. The van der Waals surface area contributed by atoms with E-state index in [0.29, 0.717) is 0 Å². The van der Waals surface area contributed by atoms with E-state index in [-0.39, 0.29) is 0 Å². The monoisotopic (exact) mass is 313 g/mol. The molecule has 0 atom stereocenters. The summed E-state index contributed by atoms with van der Waals surface area (Å²) in [7, 11) is 0. The van der Waals surface area contributed by atoms with Crippen LogP contribution in [0.1, 0.15) is 0 Å². The second-order valence-corrected chi connectivity index (χ2v) is 5.09. The molecule has 0 saturated heterocycles. The molecule has 0 fully saturated rings. The molecule has 4 heteroatoms. The van der Waals surface area contributed by atoms with Crippen molar-refractivity contribution in [3.8, 4) is 0 Å². The lowest BCUT2D eigenvalue weighted by atomic mass is 10.1. The second kappa shape index (κ2) is 4.90. The van der Waals surface area contributed by atoms with Gasteiger partial charge < -0.3 is 11.1 Å². The van der Waals surface area contributed by atoms with Gasteiger partial charge in [-0.1, -0.05) is 6.07 Å². The van der Waals surface area contributed by atoms with Gasteiger partial charge >= 0.3 is 0 Å². The molecule has 3 aromatic rings. The molecule has 0 saturated carbocycles. The number of nitrogens with zero attached hydrogens (tertiary/aromatic N) is 1. The van der Waals surface area contributed by atoms with Gasteiger partial charge in [-0.25, -0.2) is 0 Å². The molecule has 3 rings (SSSR count). The van der Waals surface area contributed by atoms with Crippen molar-refractivity contribution in [1.29, 1.82) is 0 Å². The quantitative estimate of drug-likeness (QED) is 0.693. The number of nitrogens with one attached hydrogen (secondary N) is 1. The molecule has 0 aliphatic rings. The van der Waals surface area contributed by atoms with Crippen LogP contribution in [0.2, 0.25) is 0 Å². The SMILES string of the molecule is Nc1ccc(Nc2cccc3ncccc23)c(Br)c1. The Morgan fingerprint density at radius 2 is 1.89 bits per heavy atom. The molecule has 3 N–H and O–H groups in total. The summed E-state index contributed by atoms with van der Waals surface area (Å²) in [5, 5.41) is 4.49.